The van der Waals surface area contributed by atoms with Gasteiger partial charge in [0, 0.05) is 22.6 Å². The van der Waals surface area contributed by atoms with Crippen LogP contribution in [-0.4, -0.2) is 21.5 Å². The van der Waals surface area contributed by atoms with Gasteiger partial charge in [0.15, 0.2) is 5.66 Å². The Balaban J connectivity index is 2.26. The highest BCUT2D eigenvalue weighted by molar-refractivity contribution is 9.10. The lowest BCUT2D eigenvalue weighted by atomic mass is 9.76. The number of benzene rings is 1. The van der Waals surface area contributed by atoms with Gasteiger partial charge in [-0.3, -0.25) is 10.1 Å². The summed E-state index contributed by atoms with van der Waals surface area (Å²) in [5.74, 6) is -0.0586. The summed E-state index contributed by atoms with van der Waals surface area (Å²) >= 11 is 9.70. The van der Waals surface area contributed by atoms with E-state index >= 15 is 0 Å². The maximum absolute atomic E-state index is 13.0. The Labute approximate surface area is 190 Å². The minimum absolute atomic E-state index is 0.0586. The molecule has 30 heavy (non-hydrogen) atoms. The first-order valence-electron chi connectivity index (χ1n) is 10.2. The van der Waals surface area contributed by atoms with Gasteiger partial charge >= 0.3 is 6.09 Å². The van der Waals surface area contributed by atoms with Gasteiger partial charge in [0.25, 0.3) is 5.56 Å². The molecule has 0 bridgehead atoms. The predicted octanol–water partition coefficient (Wildman–Crippen LogP) is 5.47. The molecule has 3 rings (SSSR count). The zero-order valence-corrected chi connectivity index (χ0v) is 19.8. The Morgan fingerprint density at radius 1 is 1.20 bits per heavy atom. The molecule has 1 unspecified atom stereocenters. The first kappa shape index (κ1) is 22.8. The van der Waals surface area contributed by atoms with E-state index in [1.807, 2.05) is 12.1 Å². The molecule has 6 nitrogen and oxygen atoms in total. The Morgan fingerprint density at radius 2 is 1.90 bits per heavy atom. The second-order valence-corrected chi connectivity index (χ2v) is 9.89. The van der Waals surface area contributed by atoms with Crippen LogP contribution in [0.1, 0.15) is 58.4 Å². The van der Waals surface area contributed by atoms with Gasteiger partial charge in [-0.25, -0.2) is 4.79 Å². The van der Waals surface area contributed by atoms with Crippen molar-refractivity contribution in [1.29, 1.82) is 0 Å². The topological polar surface area (TPSA) is 73.2 Å². The molecule has 1 aromatic carbocycles. The minimum Gasteiger partial charge on any atom is -0.444 e. The molecule has 1 aliphatic rings. The molecule has 0 saturated heterocycles. The first-order valence-corrected chi connectivity index (χ1v) is 11.3. The number of hydrogen-bond acceptors (Lipinski definition) is 4. The number of nitrogens with zero attached hydrogens (tertiary/aromatic N) is 2. The summed E-state index contributed by atoms with van der Waals surface area (Å²) in [6.45, 7) is 5.41. The van der Waals surface area contributed by atoms with E-state index in [2.05, 4.69) is 26.3 Å². The monoisotopic (exact) mass is 495 g/mol. The summed E-state index contributed by atoms with van der Waals surface area (Å²) in [5, 5.41) is 8.04. The molecule has 1 heterocycles. The van der Waals surface area contributed by atoms with Crippen LogP contribution in [0.3, 0.4) is 0 Å². The minimum atomic E-state index is -1.23. The fraction of sp³-hybridized carbons (Fsp3) is 0.500. The van der Waals surface area contributed by atoms with Gasteiger partial charge in [-0.2, -0.15) is 9.78 Å². The highest BCUT2D eigenvalue weighted by Crippen LogP contribution is 2.40. The van der Waals surface area contributed by atoms with Gasteiger partial charge in [-0.1, -0.05) is 43.0 Å². The molecule has 1 saturated carbocycles. The number of ether oxygens (including phenoxy) is 1. The number of carbonyl (C=O) groups is 1. The van der Waals surface area contributed by atoms with Gasteiger partial charge in [-0.15, -0.1) is 0 Å². The van der Waals surface area contributed by atoms with E-state index in [-0.39, 0.29) is 11.5 Å². The zero-order chi connectivity index (χ0) is 21.9. The number of aromatic nitrogens is 2. The molecule has 1 amide bonds. The number of carbonyl (C=O) groups excluding carboxylic acids is 1. The number of halogens is 2. The molecule has 1 atom stereocenters. The Bertz CT molecular complexity index is 967. The highest BCUT2D eigenvalue weighted by Gasteiger charge is 2.46. The molecule has 0 aliphatic heterocycles. The number of nitrogens with one attached hydrogen (secondary N) is 1. The van der Waals surface area contributed by atoms with Crippen LogP contribution in [0.2, 0.25) is 5.02 Å². The van der Waals surface area contributed by atoms with Gasteiger partial charge in [-0.05, 0) is 67.7 Å². The molecule has 162 valence electrons. The van der Waals surface area contributed by atoms with Crippen molar-refractivity contribution in [3.8, 4) is 0 Å². The smallest absolute Gasteiger partial charge is 0.409 e. The van der Waals surface area contributed by atoms with Crippen LogP contribution in [-0.2, 0) is 10.4 Å². The Hall–Kier alpha value is -1.86. The third-order valence-corrected chi connectivity index (χ3v) is 5.91. The van der Waals surface area contributed by atoms with Crippen LogP contribution < -0.4 is 10.9 Å². The molecule has 1 aromatic heterocycles. The van der Waals surface area contributed by atoms with Crippen LogP contribution in [0, 0.1) is 5.92 Å². The third kappa shape index (κ3) is 5.06. The first-order chi connectivity index (χ1) is 14.1. The van der Waals surface area contributed by atoms with Gasteiger partial charge in [0.1, 0.15) is 10.2 Å². The third-order valence-electron chi connectivity index (χ3n) is 5.25. The van der Waals surface area contributed by atoms with Crippen molar-refractivity contribution < 1.29 is 9.53 Å². The molecular weight excluding hydrogens is 470 g/mol. The predicted molar refractivity (Wildman–Crippen MR) is 121 cm³/mol. The van der Waals surface area contributed by atoms with Crippen molar-refractivity contribution in [3.05, 3.63) is 61.9 Å². The van der Waals surface area contributed by atoms with Crippen molar-refractivity contribution in [2.45, 2.75) is 64.1 Å². The summed E-state index contributed by atoms with van der Waals surface area (Å²) in [4.78, 5) is 26.1. The molecule has 2 aromatic rings. The van der Waals surface area contributed by atoms with Gasteiger partial charge in [0.2, 0.25) is 0 Å². The maximum atomic E-state index is 13.0. The summed E-state index contributed by atoms with van der Waals surface area (Å²) < 4.78 is 7.45. The van der Waals surface area contributed by atoms with E-state index in [0.29, 0.717) is 15.2 Å². The van der Waals surface area contributed by atoms with Crippen molar-refractivity contribution in [2.24, 2.45) is 5.92 Å². The number of amides is 1. The van der Waals surface area contributed by atoms with Crippen LogP contribution in [0.4, 0.5) is 4.79 Å². The van der Waals surface area contributed by atoms with Crippen LogP contribution in [0.5, 0.6) is 0 Å². The van der Waals surface area contributed by atoms with Gasteiger partial charge < -0.3 is 4.74 Å². The van der Waals surface area contributed by atoms with Crippen molar-refractivity contribution >= 4 is 33.6 Å². The Morgan fingerprint density at radius 3 is 2.53 bits per heavy atom. The molecule has 1 fully saturated rings. The van der Waals surface area contributed by atoms with Crippen molar-refractivity contribution in [1.82, 2.24) is 15.1 Å². The van der Waals surface area contributed by atoms with E-state index in [0.717, 1.165) is 32.1 Å². The lowest BCUT2D eigenvalue weighted by molar-refractivity contribution is 0.0279. The van der Waals surface area contributed by atoms with E-state index in [9.17, 15) is 9.59 Å². The molecule has 0 spiro atoms. The average Bonchev–Trinajstić information content (AvgIpc) is 2.67. The normalized spacial score (nSPS) is 17.2. The summed E-state index contributed by atoms with van der Waals surface area (Å²) in [6, 6.07) is 10.3. The second kappa shape index (κ2) is 9.10. The summed E-state index contributed by atoms with van der Waals surface area (Å²) in [5.41, 5.74) is -1.54. The van der Waals surface area contributed by atoms with Crippen LogP contribution in [0.15, 0.2) is 45.8 Å². The van der Waals surface area contributed by atoms with E-state index < -0.39 is 17.4 Å². The van der Waals surface area contributed by atoms with E-state index in [1.54, 1.807) is 39.0 Å². The lowest BCUT2D eigenvalue weighted by Gasteiger charge is -2.43. The van der Waals surface area contributed by atoms with Crippen molar-refractivity contribution in [3.63, 3.8) is 0 Å². The highest BCUT2D eigenvalue weighted by atomic mass is 79.9. The number of rotatable bonds is 4. The largest absolute Gasteiger partial charge is 0.444 e. The SMILES string of the molecule is CC(C)(C)OC(=O)NC(c1cccc(Cl)c1)(C1CCCCC1)n1nc(Br)ccc1=O. The van der Waals surface area contributed by atoms with Crippen molar-refractivity contribution in [2.75, 3.05) is 0 Å². The quantitative estimate of drug-likeness (QED) is 0.609. The van der Waals surface area contributed by atoms with E-state index in [1.165, 1.54) is 10.7 Å². The number of alkyl carbamates (subject to hydrolysis) is 1. The van der Waals surface area contributed by atoms with Crippen LogP contribution in [0.25, 0.3) is 0 Å². The van der Waals surface area contributed by atoms with Crippen LogP contribution >= 0.6 is 27.5 Å². The summed E-state index contributed by atoms with van der Waals surface area (Å²) in [6.07, 6.45) is 4.19. The lowest BCUT2D eigenvalue weighted by Crippen LogP contribution is -2.61. The molecule has 0 radical (unpaired) electrons. The fourth-order valence-corrected chi connectivity index (χ4v) is 4.59. The summed E-state index contributed by atoms with van der Waals surface area (Å²) in [7, 11) is 0. The average molecular weight is 497 g/mol. The Kier molecular flexibility index (Phi) is 6.92. The zero-order valence-electron chi connectivity index (χ0n) is 17.5. The van der Waals surface area contributed by atoms with Gasteiger partial charge in [0.05, 0.1) is 0 Å². The fourth-order valence-electron chi connectivity index (χ4n) is 4.10. The molecular formula is C22H27BrClN3O3. The molecule has 1 N–H and O–H groups in total. The maximum Gasteiger partial charge on any atom is 0.409 e. The standard InChI is InChI=1S/C22H27BrClN3O3/c1-21(2,3)30-20(29)25-22(15-8-5-4-6-9-15,16-10-7-11-17(24)14-16)27-19(28)13-12-18(23)26-27/h7,10-15H,4-6,8-9H2,1-3H3,(H,25,29). The molecule has 1 aliphatic carbocycles. The van der Waals surface area contributed by atoms with E-state index in [4.69, 9.17) is 16.3 Å². The molecule has 8 heteroatoms. The number of hydrogen-bond donors (Lipinski definition) is 1. The second-order valence-electron chi connectivity index (χ2n) is 8.64.